The lowest BCUT2D eigenvalue weighted by molar-refractivity contribution is -0.113. The van der Waals surface area contributed by atoms with Crippen LogP contribution >= 0.6 is 23.1 Å². The lowest BCUT2D eigenvalue weighted by Crippen LogP contribution is -2.16. The van der Waals surface area contributed by atoms with E-state index in [1.165, 1.54) is 19.2 Å². The molecule has 2 aromatic heterocycles. The average Bonchev–Trinajstić information content (AvgIpc) is 3.31. The van der Waals surface area contributed by atoms with Gasteiger partial charge in [0.15, 0.2) is 11.0 Å². The van der Waals surface area contributed by atoms with E-state index in [1.807, 2.05) is 0 Å². The van der Waals surface area contributed by atoms with Gasteiger partial charge < -0.3 is 25.1 Å². The Labute approximate surface area is 200 Å². The van der Waals surface area contributed by atoms with Crippen molar-refractivity contribution in [3.63, 3.8) is 0 Å². The first-order valence-corrected chi connectivity index (χ1v) is 11.3. The van der Waals surface area contributed by atoms with Crippen molar-refractivity contribution >= 4 is 45.9 Å². The molecule has 1 aromatic carbocycles. The zero-order chi connectivity index (χ0) is 25.0. The van der Waals surface area contributed by atoms with Crippen LogP contribution in [0.15, 0.2) is 29.4 Å². The second-order valence-electron chi connectivity index (χ2n) is 6.72. The number of nitrogens with zero attached hydrogens (tertiary/aromatic N) is 3. The van der Waals surface area contributed by atoms with Crippen LogP contribution in [0.2, 0.25) is 0 Å². The highest BCUT2D eigenvalue weighted by molar-refractivity contribution is 7.99. The number of benzene rings is 1. The van der Waals surface area contributed by atoms with Crippen LogP contribution in [0, 0.1) is 6.92 Å². The van der Waals surface area contributed by atoms with Crippen molar-refractivity contribution in [3.8, 4) is 17.1 Å². The maximum absolute atomic E-state index is 12.5. The molecule has 0 atom stereocenters. The zero-order valence-corrected chi connectivity index (χ0v) is 19.8. The first-order valence-electron chi connectivity index (χ1n) is 9.51. The van der Waals surface area contributed by atoms with Crippen molar-refractivity contribution in [2.24, 2.45) is 12.8 Å². The predicted octanol–water partition coefficient (Wildman–Crippen LogP) is 3.07. The number of nitrogens with two attached hydrogens (primary N) is 1. The minimum atomic E-state index is -2.92. The third-order valence-corrected chi connectivity index (χ3v) is 6.76. The molecule has 0 aliphatic rings. The van der Waals surface area contributed by atoms with E-state index in [9.17, 15) is 23.2 Å². The quantitative estimate of drug-likeness (QED) is 0.330. The number of carbonyl (C=O) groups excluding carboxylic acids is 3. The summed E-state index contributed by atoms with van der Waals surface area (Å²) >= 11 is 1.98. The molecule has 2 heterocycles. The first kappa shape index (κ1) is 25.1. The summed E-state index contributed by atoms with van der Waals surface area (Å²) < 4.78 is 35.3. The third-order valence-electron chi connectivity index (χ3n) is 4.52. The zero-order valence-electron chi connectivity index (χ0n) is 18.1. The van der Waals surface area contributed by atoms with E-state index >= 15 is 0 Å². The van der Waals surface area contributed by atoms with Gasteiger partial charge in [0, 0.05) is 12.6 Å². The number of thiophene rings is 1. The summed E-state index contributed by atoms with van der Waals surface area (Å²) in [6.07, 6.45) is 0. The molecule has 0 bridgehead atoms. The molecule has 3 aromatic rings. The van der Waals surface area contributed by atoms with Gasteiger partial charge in [0.2, 0.25) is 5.91 Å². The van der Waals surface area contributed by atoms with Gasteiger partial charge in [-0.25, -0.2) is 4.79 Å². The number of hydrogen-bond donors (Lipinski definition) is 2. The number of alkyl halides is 2. The van der Waals surface area contributed by atoms with E-state index in [1.54, 1.807) is 30.7 Å². The van der Waals surface area contributed by atoms with Gasteiger partial charge in [0.1, 0.15) is 10.8 Å². The van der Waals surface area contributed by atoms with Crippen molar-refractivity contribution in [3.05, 3.63) is 40.3 Å². The van der Waals surface area contributed by atoms with Crippen LogP contribution in [0.3, 0.4) is 0 Å². The molecule has 0 radical (unpaired) electrons. The van der Waals surface area contributed by atoms with Gasteiger partial charge in [-0.1, -0.05) is 11.8 Å². The highest BCUT2D eigenvalue weighted by Gasteiger charge is 2.25. The summed E-state index contributed by atoms with van der Waals surface area (Å²) in [5, 5.41) is 11.3. The molecule has 0 aliphatic carbocycles. The number of methoxy groups -OCH3 is 1. The summed E-state index contributed by atoms with van der Waals surface area (Å²) in [6.45, 7) is -1.38. The van der Waals surface area contributed by atoms with Gasteiger partial charge in [-0.15, -0.1) is 21.5 Å². The molecule has 10 nitrogen and oxygen atoms in total. The lowest BCUT2D eigenvalue weighted by atomic mass is 10.1. The fraction of sp³-hybridized carbons (Fsp3) is 0.250. The molecule has 3 N–H and O–H groups in total. The van der Waals surface area contributed by atoms with E-state index in [0.717, 1.165) is 23.1 Å². The maximum Gasteiger partial charge on any atom is 0.387 e. The normalized spacial score (nSPS) is 10.9. The maximum atomic E-state index is 12.5. The van der Waals surface area contributed by atoms with Crippen molar-refractivity contribution in [1.82, 2.24) is 14.8 Å². The van der Waals surface area contributed by atoms with Gasteiger partial charge in [-0.05, 0) is 36.8 Å². The van der Waals surface area contributed by atoms with E-state index in [-0.39, 0.29) is 26.9 Å². The number of anilines is 1. The number of aromatic nitrogens is 3. The van der Waals surface area contributed by atoms with Gasteiger partial charge in [0.25, 0.3) is 5.91 Å². The molecule has 0 aliphatic heterocycles. The Kier molecular flexibility index (Phi) is 7.83. The summed E-state index contributed by atoms with van der Waals surface area (Å²) in [7, 11) is 2.88. The van der Waals surface area contributed by atoms with Crippen LogP contribution in [0.4, 0.5) is 13.8 Å². The van der Waals surface area contributed by atoms with Gasteiger partial charge in [0.05, 0.1) is 23.3 Å². The van der Waals surface area contributed by atoms with E-state index in [2.05, 4.69) is 20.3 Å². The largest absolute Gasteiger partial charge is 0.465 e. The highest BCUT2D eigenvalue weighted by Crippen LogP contribution is 2.34. The van der Waals surface area contributed by atoms with Crippen LogP contribution in [-0.2, 0) is 16.6 Å². The molecule has 34 heavy (non-hydrogen) atoms. The highest BCUT2D eigenvalue weighted by atomic mass is 32.2. The van der Waals surface area contributed by atoms with Crippen molar-refractivity contribution in [2.75, 3.05) is 18.2 Å². The van der Waals surface area contributed by atoms with E-state index < -0.39 is 24.4 Å². The number of ether oxygens (including phenoxy) is 2. The van der Waals surface area contributed by atoms with Crippen molar-refractivity contribution < 1.29 is 32.6 Å². The van der Waals surface area contributed by atoms with Crippen LogP contribution in [0.5, 0.6) is 5.75 Å². The molecule has 0 spiro atoms. The Morgan fingerprint density at radius 1 is 1.24 bits per heavy atom. The number of thioether (sulfide) groups is 1. The smallest absolute Gasteiger partial charge is 0.387 e. The Balaban J connectivity index is 1.70. The molecule has 14 heteroatoms. The predicted molar refractivity (Wildman–Crippen MR) is 121 cm³/mol. The fourth-order valence-electron chi connectivity index (χ4n) is 2.95. The molecule has 180 valence electrons. The Hall–Kier alpha value is -3.52. The Morgan fingerprint density at radius 2 is 1.91 bits per heavy atom. The van der Waals surface area contributed by atoms with E-state index in [4.69, 9.17) is 10.5 Å². The molecule has 0 unspecified atom stereocenters. The molecule has 2 amide bonds. The van der Waals surface area contributed by atoms with Crippen LogP contribution in [-0.4, -0.2) is 52.0 Å². The molecular formula is C20H19F2N5O5S2. The minimum Gasteiger partial charge on any atom is -0.465 e. The first-order chi connectivity index (χ1) is 16.1. The van der Waals surface area contributed by atoms with Crippen LogP contribution in [0.25, 0.3) is 11.4 Å². The number of rotatable bonds is 9. The fourth-order valence-corrected chi connectivity index (χ4v) is 4.73. The number of halogens is 2. The summed E-state index contributed by atoms with van der Waals surface area (Å²) in [5.74, 6) is -1.47. The molecule has 0 fully saturated rings. The molecule has 0 saturated heterocycles. The lowest BCUT2D eigenvalue weighted by Gasteiger charge is -2.07. The number of carbonyl (C=O) groups is 3. The number of esters is 1. The molecule has 0 saturated carbocycles. The van der Waals surface area contributed by atoms with Gasteiger partial charge in [-0.3, -0.25) is 9.59 Å². The summed E-state index contributed by atoms with van der Waals surface area (Å²) in [5.41, 5.74) is 6.36. The second kappa shape index (κ2) is 10.6. The van der Waals surface area contributed by atoms with Crippen LogP contribution in [0.1, 0.15) is 25.6 Å². The van der Waals surface area contributed by atoms with E-state index in [0.29, 0.717) is 22.1 Å². The molecule has 3 rings (SSSR count). The Bertz CT molecular complexity index is 1230. The minimum absolute atomic E-state index is 0.0156. The monoisotopic (exact) mass is 511 g/mol. The number of amides is 2. The van der Waals surface area contributed by atoms with Crippen molar-refractivity contribution in [2.45, 2.75) is 18.7 Å². The third kappa shape index (κ3) is 5.51. The SMILES string of the molecule is COC(=O)c1c(NC(=O)CSc2nnc(-c3ccc(OC(F)F)cc3)n2C)sc(C(N)=O)c1C. The standard InChI is InChI=1S/C20H19F2N5O5S2/c1-9-13(18(30)31-3)17(34-14(9)15(23)29)24-12(28)8-33-20-26-25-16(27(20)2)10-4-6-11(7-5-10)32-19(21)22/h4-7,19H,8H2,1-3H3,(H2,23,29)(H,24,28). The summed E-state index contributed by atoms with van der Waals surface area (Å²) in [6, 6.07) is 5.90. The van der Waals surface area contributed by atoms with Crippen molar-refractivity contribution in [1.29, 1.82) is 0 Å². The van der Waals surface area contributed by atoms with Gasteiger partial charge >= 0.3 is 12.6 Å². The average molecular weight is 512 g/mol. The van der Waals surface area contributed by atoms with Crippen LogP contribution < -0.4 is 15.8 Å². The second-order valence-corrected chi connectivity index (χ2v) is 8.68. The summed E-state index contributed by atoms with van der Waals surface area (Å²) in [4.78, 5) is 36.4. The topological polar surface area (TPSA) is 138 Å². The number of hydrogen-bond acceptors (Lipinski definition) is 9. The Morgan fingerprint density at radius 3 is 2.50 bits per heavy atom. The number of primary amides is 1. The molecular weight excluding hydrogens is 492 g/mol. The van der Waals surface area contributed by atoms with Gasteiger partial charge in [-0.2, -0.15) is 8.78 Å². The number of nitrogens with one attached hydrogen (secondary N) is 1.